The van der Waals surface area contributed by atoms with Crippen LogP contribution in [0.3, 0.4) is 0 Å². The summed E-state index contributed by atoms with van der Waals surface area (Å²) in [6.07, 6.45) is -0.820. The van der Waals surface area contributed by atoms with Crippen molar-refractivity contribution in [3.8, 4) is 0 Å². The normalized spacial score (nSPS) is 22.7. The molecule has 19 heavy (non-hydrogen) atoms. The van der Waals surface area contributed by atoms with Gasteiger partial charge in [-0.2, -0.15) is 0 Å². The van der Waals surface area contributed by atoms with Crippen LogP contribution in [0.1, 0.15) is 22.7 Å². The number of aliphatic hydroxyl groups is 1. The van der Waals surface area contributed by atoms with Crippen LogP contribution in [0.25, 0.3) is 0 Å². The molecule has 2 heterocycles. The third kappa shape index (κ3) is 2.74. The number of hydrogen-bond donors (Lipinski definition) is 2. The molecule has 0 unspecified atom stereocenters. The topological polar surface area (TPSA) is 113 Å². The number of rotatable bonds is 4. The van der Waals surface area contributed by atoms with Crippen molar-refractivity contribution >= 4 is 11.9 Å². The van der Waals surface area contributed by atoms with E-state index in [1.165, 1.54) is 13.2 Å². The van der Waals surface area contributed by atoms with Crippen molar-refractivity contribution in [2.75, 3.05) is 13.7 Å². The van der Waals surface area contributed by atoms with Gasteiger partial charge in [-0.25, -0.2) is 4.79 Å². The maximum Gasteiger partial charge on any atom is 0.326 e. The Morgan fingerprint density at radius 1 is 1.63 bits per heavy atom. The summed E-state index contributed by atoms with van der Waals surface area (Å²) in [6.45, 7) is 0.146. The molecule has 104 valence electrons. The first-order valence-corrected chi connectivity index (χ1v) is 5.69. The molecule has 0 aromatic carbocycles. The fraction of sp³-hybridized carbons (Fsp3) is 0.545. The monoisotopic (exact) mass is 270 g/mol. The minimum absolute atomic E-state index is 0.00685. The van der Waals surface area contributed by atoms with Crippen molar-refractivity contribution in [3.63, 3.8) is 0 Å². The van der Waals surface area contributed by atoms with Gasteiger partial charge in [0.05, 0.1) is 6.10 Å². The number of aliphatic carboxylic acids is 1. The number of likely N-dealkylation sites (tertiary alicyclic amines) is 1. The molecule has 1 saturated heterocycles. The van der Waals surface area contributed by atoms with Crippen molar-refractivity contribution in [3.05, 3.63) is 17.5 Å². The van der Waals surface area contributed by atoms with Crippen LogP contribution >= 0.6 is 0 Å². The molecule has 8 heteroatoms. The van der Waals surface area contributed by atoms with E-state index in [0.717, 1.165) is 4.90 Å². The van der Waals surface area contributed by atoms with E-state index < -0.39 is 24.0 Å². The lowest BCUT2D eigenvalue weighted by Crippen LogP contribution is -2.40. The van der Waals surface area contributed by atoms with E-state index >= 15 is 0 Å². The zero-order valence-electron chi connectivity index (χ0n) is 10.3. The second-order valence-electron chi connectivity index (χ2n) is 4.31. The average molecular weight is 270 g/mol. The number of methoxy groups -OCH3 is 1. The molecule has 8 nitrogen and oxygen atoms in total. The van der Waals surface area contributed by atoms with E-state index in [-0.39, 0.29) is 25.3 Å². The Labute approximate surface area is 108 Å². The molecule has 2 N–H and O–H groups in total. The van der Waals surface area contributed by atoms with Gasteiger partial charge in [-0.3, -0.25) is 4.79 Å². The molecule has 0 spiro atoms. The molecular formula is C11H14N2O6. The lowest BCUT2D eigenvalue weighted by Gasteiger charge is -2.19. The van der Waals surface area contributed by atoms with E-state index in [1.54, 1.807) is 0 Å². The van der Waals surface area contributed by atoms with Crippen molar-refractivity contribution in [2.24, 2.45) is 0 Å². The van der Waals surface area contributed by atoms with Crippen LogP contribution in [0.15, 0.2) is 10.6 Å². The number of hydrogen-bond acceptors (Lipinski definition) is 6. The molecular weight excluding hydrogens is 256 g/mol. The Bertz CT molecular complexity index is 485. The van der Waals surface area contributed by atoms with Gasteiger partial charge >= 0.3 is 5.97 Å². The highest BCUT2D eigenvalue weighted by molar-refractivity contribution is 5.95. The predicted molar refractivity (Wildman–Crippen MR) is 60.3 cm³/mol. The Hall–Kier alpha value is -1.93. The minimum atomic E-state index is -1.15. The maximum atomic E-state index is 12.1. The molecule has 1 amide bonds. The number of aromatic nitrogens is 1. The smallest absolute Gasteiger partial charge is 0.326 e. The number of carboxylic acids is 1. The van der Waals surface area contributed by atoms with Crippen LogP contribution in [-0.2, 0) is 16.1 Å². The number of amides is 1. The van der Waals surface area contributed by atoms with E-state index in [2.05, 4.69) is 5.16 Å². The molecule has 1 aromatic rings. The Morgan fingerprint density at radius 2 is 2.37 bits per heavy atom. The lowest BCUT2D eigenvalue weighted by molar-refractivity contribution is -0.141. The van der Waals surface area contributed by atoms with E-state index in [4.69, 9.17) is 14.4 Å². The van der Waals surface area contributed by atoms with Gasteiger partial charge in [-0.15, -0.1) is 0 Å². The first kappa shape index (κ1) is 13.5. The van der Waals surface area contributed by atoms with Crippen LogP contribution in [0.2, 0.25) is 0 Å². The average Bonchev–Trinajstić information content (AvgIpc) is 2.95. The molecule has 1 aliphatic heterocycles. The second-order valence-corrected chi connectivity index (χ2v) is 4.31. The SMILES string of the molecule is COCc1cc(C(=O)N2C[C@H](O)C[C@H]2C(=O)O)no1. The maximum absolute atomic E-state index is 12.1. The summed E-state index contributed by atoms with van der Waals surface area (Å²) in [5.41, 5.74) is 0.00685. The van der Waals surface area contributed by atoms with Gasteiger partial charge in [-0.05, 0) is 0 Å². The van der Waals surface area contributed by atoms with Crippen LogP contribution in [0.5, 0.6) is 0 Å². The number of ether oxygens (including phenoxy) is 1. The second kappa shape index (κ2) is 5.37. The van der Waals surface area contributed by atoms with Gasteiger partial charge < -0.3 is 24.4 Å². The zero-order valence-corrected chi connectivity index (χ0v) is 10.3. The largest absolute Gasteiger partial charge is 0.480 e. The van der Waals surface area contributed by atoms with Crippen molar-refractivity contribution in [2.45, 2.75) is 25.2 Å². The summed E-state index contributed by atoms with van der Waals surface area (Å²) >= 11 is 0. The zero-order chi connectivity index (χ0) is 14.0. The summed E-state index contributed by atoms with van der Waals surface area (Å²) in [5.74, 6) is -1.35. The number of β-amino-alcohol motifs (C(OH)–C–C–N with tert-alkyl or cyclic N) is 1. The predicted octanol–water partition coefficient (Wildman–Crippen LogP) is -0.519. The number of carbonyl (C=O) groups excluding carboxylic acids is 1. The summed E-state index contributed by atoms with van der Waals surface area (Å²) in [7, 11) is 1.47. The van der Waals surface area contributed by atoms with Crippen LogP contribution < -0.4 is 0 Å². The Balaban J connectivity index is 2.15. The van der Waals surface area contributed by atoms with E-state index in [0.29, 0.717) is 5.76 Å². The third-order valence-electron chi connectivity index (χ3n) is 2.89. The number of carbonyl (C=O) groups is 2. The molecule has 2 atom stereocenters. The lowest BCUT2D eigenvalue weighted by atomic mass is 10.2. The molecule has 0 radical (unpaired) electrons. The van der Waals surface area contributed by atoms with Gasteiger partial charge in [0.15, 0.2) is 11.5 Å². The van der Waals surface area contributed by atoms with Gasteiger partial charge in [-0.1, -0.05) is 5.16 Å². The fourth-order valence-electron chi connectivity index (χ4n) is 2.04. The summed E-state index contributed by atoms with van der Waals surface area (Å²) in [5, 5.41) is 22.1. The van der Waals surface area contributed by atoms with Gasteiger partial charge in [0.2, 0.25) is 0 Å². The van der Waals surface area contributed by atoms with Crippen LogP contribution in [-0.4, -0.2) is 57.9 Å². The van der Waals surface area contributed by atoms with E-state index in [9.17, 15) is 14.7 Å². The van der Waals surface area contributed by atoms with Crippen LogP contribution in [0, 0.1) is 0 Å². The first-order valence-electron chi connectivity index (χ1n) is 5.69. The summed E-state index contributed by atoms with van der Waals surface area (Å²) < 4.78 is 9.71. The molecule has 1 fully saturated rings. The third-order valence-corrected chi connectivity index (χ3v) is 2.89. The summed E-state index contributed by atoms with van der Waals surface area (Å²) in [4.78, 5) is 24.2. The molecule has 0 aliphatic carbocycles. The van der Waals surface area contributed by atoms with E-state index in [1.807, 2.05) is 0 Å². The highest BCUT2D eigenvalue weighted by Crippen LogP contribution is 2.21. The minimum Gasteiger partial charge on any atom is -0.480 e. The number of nitrogens with zero attached hydrogens (tertiary/aromatic N) is 2. The highest BCUT2D eigenvalue weighted by Gasteiger charge is 2.40. The standard InChI is InChI=1S/C11H14N2O6/c1-18-5-7-3-8(12-19-7)10(15)13-4-6(14)2-9(13)11(16)17/h3,6,9,14H,2,4-5H2,1H3,(H,16,17)/t6-,9+/m1/s1. The number of aliphatic hydroxyl groups excluding tert-OH is 1. The van der Waals surface area contributed by atoms with Crippen molar-refractivity contribution < 1.29 is 29.1 Å². The fourth-order valence-corrected chi connectivity index (χ4v) is 2.04. The van der Waals surface area contributed by atoms with Crippen molar-refractivity contribution in [1.82, 2.24) is 10.1 Å². The Morgan fingerprint density at radius 3 is 3.00 bits per heavy atom. The quantitative estimate of drug-likeness (QED) is 0.756. The van der Waals surface area contributed by atoms with Gasteiger partial charge in [0.25, 0.3) is 5.91 Å². The molecule has 0 saturated carbocycles. The molecule has 1 aliphatic rings. The van der Waals surface area contributed by atoms with Crippen LogP contribution in [0.4, 0.5) is 0 Å². The van der Waals surface area contributed by atoms with Crippen molar-refractivity contribution in [1.29, 1.82) is 0 Å². The molecule has 0 bridgehead atoms. The first-order chi connectivity index (χ1) is 9.02. The molecule has 1 aromatic heterocycles. The number of carboxylic acid groups (broad SMARTS) is 1. The van der Waals surface area contributed by atoms with Gasteiger partial charge in [0, 0.05) is 26.1 Å². The Kier molecular flexibility index (Phi) is 3.82. The molecule has 2 rings (SSSR count). The van der Waals surface area contributed by atoms with Gasteiger partial charge in [0.1, 0.15) is 12.6 Å². The summed E-state index contributed by atoms with van der Waals surface area (Å²) in [6, 6.07) is 0.361. The highest BCUT2D eigenvalue weighted by atomic mass is 16.5.